The van der Waals surface area contributed by atoms with Gasteiger partial charge >= 0.3 is 0 Å². The molecule has 0 fully saturated rings. The summed E-state index contributed by atoms with van der Waals surface area (Å²) in [5.74, 6) is 0.531. The number of amides is 1. The van der Waals surface area contributed by atoms with Crippen molar-refractivity contribution in [2.75, 3.05) is 32.1 Å². The Bertz CT molecular complexity index is 800. The van der Waals surface area contributed by atoms with Crippen molar-refractivity contribution in [3.63, 3.8) is 0 Å². The van der Waals surface area contributed by atoms with Crippen molar-refractivity contribution < 1.29 is 9.53 Å². The highest BCUT2D eigenvalue weighted by Crippen LogP contribution is 2.27. The number of rotatable bonds is 5. The lowest BCUT2D eigenvalue weighted by Gasteiger charge is -2.25. The number of aryl methyl sites for hydroxylation is 1. The number of carbonyl (C=O) groups excluding carboxylic acids is 1. The van der Waals surface area contributed by atoms with E-state index in [1.165, 1.54) is 5.57 Å². The molecule has 0 saturated carbocycles. The molecule has 0 unspecified atom stereocenters. The largest absolute Gasteiger partial charge is 0.495 e. The Morgan fingerprint density at radius 1 is 1.44 bits per heavy atom. The molecule has 6 nitrogen and oxygen atoms in total. The number of nitrogens with zero attached hydrogens (tertiary/aromatic N) is 3. The average molecular weight is 361 g/mol. The molecule has 0 aliphatic carbocycles. The van der Waals surface area contributed by atoms with Gasteiger partial charge in [0.15, 0.2) is 0 Å². The van der Waals surface area contributed by atoms with Crippen molar-refractivity contribution in [1.82, 2.24) is 14.7 Å². The molecule has 0 spiro atoms. The van der Waals surface area contributed by atoms with Gasteiger partial charge in [-0.05, 0) is 30.2 Å². The summed E-state index contributed by atoms with van der Waals surface area (Å²) in [7, 11) is 3.47. The molecule has 2 aromatic rings. The van der Waals surface area contributed by atoms with Crippen LogP contribution in [0.5, 0.6) is 5.75 Å². The van der Waals surface area contributed by atoms with Crippen LogP contribution in [-0.4, -0.2) is 47.3 Å². The molecule has 2 heterocycles. The lowest BCUT2D eigenvalue weighted by atomic mass is 10.0. The number of benzene rings is 1. The van der Waals surface area contributed by atoms with E-state index < -0.39 is 0 Å². The van der Waals surface area contributed by atoms with E-state index in [4.69, 9.17) is 16.3 Å². The summed E-state index contributed by atoms with van der Waals surface area (Å²) in [6, 6.07) is 5.20. The van der Waals surface area contributed by atoms with Crippen LogP contribution in [0, 0.1) is 0 Å². The van der Waals surface area contributed by atoms with Gasteiger partial charge < -0.3 is 10.1 Å². The maximum absolute atomic E-state index is 12.2. The van der Waals surface area contributed by atoms with Crippen LogP contribution in [0.4, 0.5) is 5.69 Å². The Kier molecular flexibility index (Phi) is 5.40. The van der Waals surface area contributed by atoms with Crippen molar-refractivity contribution in [3.05, 3.63) is 47.3 Å². The van der Waals surface area contributed by atoms with Gasteiger partial charge in [0.25, 0.3) is 0 Å². The number of carbonyl (C=O) groups is 1. The third-order valence-corrected chi connectivity index (χ3v) is 4.47. The number of methoxy groups -OCH3 is 1. The maximum Gasteiger partial charge on any atom is 0.238 e. The Balaban J connectivity index is 1.54. The lowest BCUT2D eigenvalue weighted by molar-refractivity contribution is -0.117. The molecule has 1 aromatic heterocycles. The standard InChI is InChI=1S/C18H21ClN4O2/c1-22-11-14(10-20-22)13-5-7-23(8-6-13)12-18(24)21-15-3-4-17(25-2)16(19)9-15/h3-5,9-11H,6-8,12H2,1-2H3,(H,21,24). The number of anilines is 1. The molecule has 1 amide bonds. The second-order valence-corrected chi connectivity index (χ2v) is 6.42. The maximum atomic E-state index is 12.2. The number of nitrogens with one attached hydrogen (secondary N) is 1. The summed E-state index contributed by atoms with van der Waals surface area (Å²) < 4.78 is 6.91. The molecule has 0 atom stereocenters. The van der Waals surface area contributed by atoms with Gasteiger partial charge in [-0.3, -0.25) is 14.4 Å². The molecule has 0 saturated heterocycles. The molecule has 0 bridgehead atoms. The van der Waals surface area contributed by atoms with Crippen LogP contribution in [0.2, 0.25) is 5.02 Å². The van der Waals surface area contributed by atoms with Crippen LogP contribution >= 0.6 is 11.6 Å². The third kappa shape index (κ3) is 4.41. The Morgan fingerprint density at radius 3 is 2.88 bits per heavy atom. The van der Waals surface area contributed by atoms with Crippen LogP contribution in [-0.2, 0) is 11.8 Å². The van der Waals surface area contributed by atoms with E-state index in [2.05, 4.69) is 21.4 Å². The summed E-state index contributed by atoms with van der Waals surface area (Å²) in [4.78, 5) is 14.4. The molecule has 1 aliphatic rings. The minimum atomic E-state index is -0.0561. The molecular formula is C18H21ClN4O2. The van der Waals surface area contributed by atoms with Crippen molar-refractivity contribution >= 4 is 28.8 Å². The van der Waals surface area contributed by atoms with E-state index in [-0.39, 0.29) is 5.91 Å². The van der Waals surface area contributed by atoms with Gasteiger partial charge in [-0.1, -0.05) is 17.7 Å². The van der Waals surface area contributed by atoms with Gasteiger partial charge in [-0.2, -0.15) is 5.10 Å². The molecule has 7 heteroatoms. The Hall–Kier alpha value is -2.31. The summed E-state index contributed by atoms with van der Waals surface area (Å²) in [5, 5.41) is 7.55. The van der Waals surface area contributed by atoms with Gasteiger partial charge in [0.2, 0.25) is 5.91 Å². The molecule has 132 valence electrons. The first kappa shape index (κ1) is 17.5. The Morgan fingerprint density at radius 2 is 2.28 bits per heavy atom. The minimum Gasteiger partial charge on any atom is -0.495 e. The van der Waals surface area contributed by atoms with Crippen LogP contribution in [0.15, 0.2) is 36.7 Å². The predicted molar refractivity (Wildman–Crippen MR) is 98.9 cm³/mol. The highest BCUT2D eigenvalue weighted by atomic mass is 35.5. The van der Waals surface area contributed by atoms with Gasteiger partial charge in [-0.25, -0.2) is 0 Å². The zero-order valence-corrected chi connectivity index (χ0v) is 15.1. The fourth-order valence-corrected chi connectivity index (χ4v) is 3.11. The molecule has 0 radical (unpaired) electrons. The van der Waals surface area contributed by atoms with Crippen LogP contribution in [0.25, 0.3) is 5.57 Å². The summed E-state index contributed by atoms with van der Waals surface area (Å²) in [6.45, 7) is 1.94. The zero-order valence-electron chi connectivity index (χ0n) is 14.3. The number of hydrogen-bond acceptors (Lipinski definition) is 4. The lowest BCUT2D eigenvalue weighted by Crippen LogP contribution is -2.36. The fraction of sp³-hybridized carbons (Fsp3) is 0.333. The quantitative estimate of drug-likeness (QED) is 0.890. The smallest absolute Gasteiger partial charge is 0.238 e. The minimum absolute atomic E-state index is 0.0561. The van der Waals surface area contributed by atoms with Gasteiger partial charge in [-0.15, -0.1) is 0 Å². The number of hydrogen-bond donors (Lipinski definition) is 1. The van der Waals surface area contributed by atoms with E-state index in [0.717, 1.165) is 25.1 Å². The second-order valence-electron chi connectivity index (χ2n) is 6.01. The predicted octanol–water partition coefficient (Wildman–Crippen LogP) is 2.81. The number of ether oxygens (including phenoxy) is 1. The molecule has 25 heavy (non-hydrogen) atoms. The summed E-state index contributed by atoms with van der Waals surface area (Å²) in [6.07, 6.45) is 6.97. The Labute approximate surface area is 152 Å². The molecule has 1 aliphatic heterocycles. The van der Waals surface area contributed by atoms with E-state index >= 15 is 0 Å². The van der Waals surface area contributed by atoms with Crippen molar-refractivity contribution in [3.8, 4) is 5.75 Å². The highest BCUT2D eigenvalue weighted by molar-refractivity contribution is 6.32. The van der Waals surface area contributed by atoms with Gasteiger partial charge in [0, 0.05) is 37.6 Å². The first-order chi connectivity index (χ1) is 12.0. The summed E-state index contributed by atoms with van der Waals surface area (Å²) in [5.41, 5.74) is 3.10. The number of halogens is 1. The average Bonchev–Trinajstić information content (AvgIpc) is 3.02. The zero-order chi connectivity index (χ0) is 17.8. The third-order valence-electron chi connectivity index (χ3n) is 4.17. The van der Waals surface area contributed by atoms with Crippen molar-refractivity contribution in [2.24, 2.45) is 7.05 Å². The fourth-order valence-electron chi connectivity index (χ4n) is 2.85. The van der Waals surface area contributed by atoms with Gasteiger partial charge in [0.1, 0.15) is 5.75 Å². The van der Waals surface area contributed by atoms with Crippen LogP contribution in [0.1, 0.15) is 12.0 Å². The molecule has 3 rings (SSSR count). The second kappa shape index (κ2) is 7.72. The normalized spacial score (nSPS) is 14.9. The molecular weight excluding hydrogens is 340 g/mol. The monoisotopic (exact) mass is 360 g/mol. The van der Waals surface area contributed by atoms with Crippen molar-refractivity contribution in [2.45, 2.75) is 6.42 Å². The molecule has 1 N–H and O–H groups in total. The summed E-state index contributed by atoms with van der Waals surface area (Å²) >= 11 is 6.08. The highest BCUT2D eigenvalue weighted by Gasteiger charge is 2.16. The SMILES string of the molecule is COc1ccc(NC(=O)CN2CC=C(c3cnn(C)c3)CC2)cc1Cl. The van der Waals surface area contributed by atoms with Crippen molar-refractivity contribution in [1.29, 1.82) is 0 Å². The van der Waals surface area contributed by atoms with E-state index in [9.17, 15) is 4.79 Å². The van der Waals surface area contributed by atoms with E-state index in [1.807, 2.05) is 19.4 Å². The topological polar surface area (TPSA) is 59.4 Å². The first-order valence-electron chi connectivity index (χ1n) is 8.09. The first-order valence-corrected chi connectivity index (χ1v) is 8.47. The van der Waals surface area contributed by atoms with Crippen LogP contribution < -0.4 is 10.1 Å². The molecule has 1 aromatic carbocycles. The van der Waals surface area contributed by atoms with Gasteiger partial charge in [0.05, 0.1) is 24.9 Å². The van der Waals surface area contributed by atoms with E-state index in [0.29, 0.717) is 23.0 Å². The van der Waals surface area contributed by atoms with Crippen LogP contribution in [0.3, 0.4) is 0 Å². The number of aromatic nitrogens is 2. The van der Waals surface area contributed by atoms with E-state index in [1.54, 1.807) is 30.0 Å².